The molecule has 1 amide bonds. The van der Waals surface area contributed by atoms with Gasteiger partial charge in [-0.15, -0.1) is 0 Å². The van der Waals surface area contributed by atoms with Gasteiger partial charge in [-0.25, -0.2) is 9.37 Å². The topological polar surface area (TPSA) is 46.4 Å². The molecule has 8 heteroatoms. The summed E-state index contributed by atoms with van der Waals surface area (Å²) in [5, 5.41) is 2.67. The summed E-state index contributed by atoms with van der Waals surface area (Å²) in [5.74, 6) is -0.760. The minimum Gasteiger partial charge on any atom is -0.309 e. The Kier molecular flexibility index (Phi) is 4.99. The summed E-state index contributed by atoms with van der Waals surface area (Å²) in [6, 6.07) is 16.4. The summed E-state index contributed by atoms with van der Waals surface area (Å²) in [4.78, 5) is 16.8. The van der Waals surface area contributed by atoms with Crippen LogP contribution < -0.4 is 5.32 Å². The molecule has 4 nitrogen and oxygen atoms in total. The van der Waals surface area contributed by atoms with E-state index in [9.17, 15) is 22.4 Å². The number of alkyl halides is 3. The number of amides is 1. The highest BCUT2D eigenvalue weighted by atomic mass is 19.4. The van der Waals surface area contributed by atoms with Gasteiger partial charge < -0.3 is 5.32 Å². The van der Waals surface area contributed by atoms with Crippen molar-refractivity contribution in [2.24, 2.45) is 0 Å². The highest BCUT2D eigenvalue weighted by Crippen LogP contribution is 2.34. The summed E-state index contributed by atoms with van der Waals surface area (Å²) < 4.78 is 54.2. The minimum absolute atomic E-state index is 0.0748. The zero-order chi connectivity index (χ0) is 21.3. The second-order valence-corrected chi connectivity index (χ2v) is 6.67. The van der Waals surface area contributed by atoms with Crippen molar-refractivity contribution in [2.45, 2.75) is 12.6 Å². The zero-order valence-corrected chi connectivity index (χ0v) is 15.4. The maximum Gasteiger partial charge on any atom is 0.417 e. The zero-order valence-electron chi connectivity index (χ0n) is 15.4. The Morgan fingerprint density at radius 3 is 2.33 bits per heavy atom. The van der Waals surface area contributed by atoms with Crippen LogP contribution in [0.15, 0.2) is 72.9 Å². The monoisotopic (exact) mass is 413 g/mol. The fourth-order valence-electron chi connectivity index (χ4n) is 3.14. The Bertz CT molecular complexity index is 1200. The van der Waals surface area contributed by atoms with Crippen molar-refractivity contribution in [3.63, 3.8) is 0 Å². The average molecular weight is 413 g/mol. The maximum atomic E-state index is 13.4. The molecule has 0 bridgehead atoms. The van der Waals surface area contributed by atoms with Crippen LogP contribution in [0.5, 0.6) is 0 Å². The van der Waals surface area contributed by atoms with Gasteiger partial charge in [0.25, 0.3) is 0 Å². The third-order valence-electron chi connectivity index (χ3n) is 4.53. The Morgan fingerprint density at radius 2 is 1.67 bits per heavy atom. The van der Waals surface area contributed by atoms with Gasteiger partial charge in [0.1, 0.15) is 11.5 Å². The SMILES string of the molecule is O=C(Cc1ccccc1)Nc1nc2ccc(C(F)(F)F)cn2c1-c1ccc(F)cc1. The minimum atomic E-state index is -4.55. The van der Waals surface area contributed by atoms with Gasteiger partial charge in [-0.2, -0.15) is 13.2 Å². The number of carbonyl (C=O) groups excluding carboxylic acids is 1. The molecule has 0 saturated carbocycles. The summed E-state index contributed by atoms with van der Waals surface area (Å²) in [6.45, 7) is 0. The fourth-order valence-corrected chi connectivity index (χ4v) is 3.14. The molecule has 4 rings (SSSR count). The molecule has 0 atom stereocenters. The molecule has 2 aromatic carbocycles. The molecule has 0 radical (unpaired) electrons. The number of aromatic nitrogens is 2. The van der Waals surface area contributed by atoms with Gasteiger partial charge in [0.2, 0.25) is 5.91 Å². The van der Waals surface area contributed by atoms with E-state index >= 15 is 0 Å². The molecule has 0 aliphatic carbocycles. The molecule has 0 saturated heterocycles. The molecule has 0 aliphatic heterocycles. The maximum absolute atomic E-state index is 13.4. The van der Waals surface area contributed by atoms with Crippen molar-refractivity contribution >= 4 is 17.4 Å². The van der Waals surface area contributed by atoms with Crippen LogP contribution >= 0.6 is 0 Å². The first kappa shape index (κ1) is 19.6. The smallest absolute Gasteiger partial charge is 0.309 e. The van der Waals surface area contributed by atoms with Crippen molar-refractivity contribution in [3.05, 3.63) is 89.9 Å². The van der Waals surface area contributed by atoms with E-state index in [4.69, 9.17) is 0 Å². The number of anilines is 1. The average Bonchev–Trinajstić information content (AvgIpc) is 3.05. The van der Waals surface area contributed by atoms with Crippen molar-refractivity contribution < 1.29 is 22.4 Å². The van der Waals surface area contributed by atoms with E-state index in [2.05, 4.69) is 10.3 Å². The molecule has 0 unspecified atom stereocenters. The van der Waals surface area contributed by atoms with Crippen LogP contribution in [0.2, 0.25) is 0 Å². The number of pyridine rings is 1. The Balaban J connectivity index is 1.78. The highest BCUT2D eigenvalue weighted by Gasteiger charge is 2.31. The van der Waals surface area contributed by atoms with Crippen LogP contribution in [-0.2, 0) is 17.4 Å². The number of imidazole rings is 1. The molecular weight excluding hydrogens is 398 g/mol. The Hall–Kier alpha value is -3.68. The number of halogens is 4. The quantitative estimate of drug-likeness (QED) is 0.459. The first-order chi connectivity index (χ1) is 14.3. The summed E-state index contributed by atoms with van der Waals surface area (Å²) >= 11 is 0. The molecule has 1 N–H and O–H groups in total. The van der Waals surface area contributed by atoms with E-state index in [1.807, 2.05) is 6.07 Å². The molecule has 2 heterocycles. The Labute approximate surface area is 168 Å². The number of nitrogens with zero attached hydrogens (tertiary/aromatic N) is 2. The number of rotatable bonds is 4. The lowest BCUT2D eigenvalue weighted by molar-refractivity contribution is -0.137. The third kappa shape index (κ3) is 4.03. The predicted octanol–water partition coefficient (Wildman–Crippen LogP) is 5.34. The van der Waals surface area contributed by atoms with Gasteiger partial charge in [0, 0.05) is 11.8 Å². The van der Waals surface area contributed by atoms with Crippen LogP contribution in [0.3, 0.4) is 0 Å². The van der Waals surface area contributed by atoms with E-state index in [-0.39, 0.29) is 29.5 Å². The van der Waals surface area contributed by atoms with Gasteiger partial charge in [-0.1, -0.05) is 30.3 Å². The Morgan fingerprint density at radius 1 is 0.967 bits per heavy atom. The van der Waals surface area contributed by atoms with Crippen molar-refractivity contribution in [1.29, 1.82) is 0 Å². The van der Waals surface area contributed by atoms with Crippen LogP contribution in [0.25, 0.3) is 16.9 Å². The first-order valence-corrected chi connectivity index (χ1v) is 9.00. The number of benzene rings is 2. The van der Waals surface area contributed by atoms with Crippen LogP contribution in [0.4, 0.5) is 23.4 Å². The van der Waals surface area contributed by atoms with Gasteiger partial charge in [-0.05, 0) is 42.0 Å². The van der Waals surface area contributed by atoms with Gasteiger partial charge in [-0.3, -0.25) is 9.20 Å². The number of carbonyl (C=O) groups is 1. The highest BCUT2D eigenvalue weighted by molar-refractivity contribution is 5.95. The second kappa shape index (κ2) is 7.62. The molecule has 4 aromatic rings. The lowest BCUT2D eigenvalue weighted by Gasteiger charge is -2.10. The van der Waals surface area contributed by atoms with E-state index in [0.717, 1.165) is 17.8 Å². The molecule has 2 aromatic heterocycles. The molecule has 152 valence electrons. The summed E-state index contributed by atoms with van der Waals surface area (Å²) in [5.41, 5.74) is 0.785. The summed E-state index contributed by atoms with van der Waals surface area (Å²) in [7, 11) is 0. The molecule has 0 aliphatic rings. The van der Waals surface area contributed by atoms with Crippen LogP contribution in [0, 0.1) is 5.82 Å². The van der Waals surface area contributed by atoms with Gasteiger partial charge in [0.15, 0.2) is 5.82 Å². The molecule has 0 spiro atoms. The van der Waals surface area contributed by atoms with Crippen LogP contribution in [-0.4, -0.2) is 15.3 Å². The van der Waals surface area contributed by atoms with Crippen molar-refractivity contribution in [1.82, 2.24) is 9.38 Å². The van der Waals surface area contributed by atoms with E-state index in [1.54, 1.807) is 24.3 Å². The third-order valence-corrected chi connectivity index (χ3v) is 4.53. The first-order valence-electron chi connectivity index (χ1n) is 9.00. The van der Waals surface area contributed by atoms with Crippen LogP contribution in [0.1, 0.15) is 11.1 Å². The van der Waals surface area contributed by atoms with E-state index in [1.165, 1.54) is 34.7 Å². The predicted molar refractivity (Wildman–Crippen MR) is 104 cm³/mol. The summed E-state index contributed by atoms with van der Waals surface area (Å²) in [6.07, 6.45) is -3.56. The second-order valence-electron chi connectivity index (χ2n) is 6.67. The standard InChI is InChI=1S/C22H15F4N3O/c23-17-9-6-15(7-10-17)20-21(28-19(30)12-14-4-2-1-3-5-14)27-18-11-8-16(13-29(18)20)22(24,25)26/h1-11,13H,12H2,(H,28,30). The van der Waals surface area contributed by atoms with Gasteiger partial charge in [0.05, 0.1) is 17.7 Å². The van der Waals surface area contributed by atoms with E-state index < -0.39 is 17.6 Å². The number of hydrogen-bond acceptors (Lipinski definition) is 2. The lowest BCUT2D eigenvalue weighted by atomic mass is 10.1. The number of hydrogen-bond donors (Lipinski definition) is 1. The normalized spacial score (nSPS) is 11.6. The largest absolute Gasteiger partial charge is 0.417 e. The molecular formula is C22H15F4N3O. The van der Waals surface area contributed by atoms with Crippen molar-refractivity contribution in [3.8, 4) is 11.3 Å². The lowest BCUT2D eigenvalue weighted by Crippen LogP contribution is -2.15. The number of nitrogens with one attached hydrogen (secondary N) is 1. The van der Waals surface area contributed by atoms with E-state index in [0.29, 0.717) is 5.56 Å². The number of fused-ring (bicyclic) bond motifs is 1. The molecule has 0 fully saturated rings. The van der Waals surface area contributed by atoms with Gasteiger partial charge >= 0.3 is 6.18 Å². The fraction of sp³-hybridized carbons (Fsp3) is 0.0909. The molecule has 30 heavy (non-hydrogen) atoms. The van der Waals surface area contributed by atoms with Crippen molar-refractivity contribution in [2.75, 3.05) is 5.32 Å².